The van der Waals surface area contributed by atoms with E-state index < -0.39 is 5.60 Å². The Morgan fingerprint density at radius 1 is 1.19 bits per heavy atom. The van der Waals surface area contributed by atoms with Gasteiger partial charge >= 0.3 is 5.97 Å². The van der Waals surface area contributed by atoms with Crippen molar-refractivity contribution < 1.29 is 14.3 Å². The summed E-state index contributed by atoms with van der Waals surface area (Å²) < 4.78 is 5.46. The van der Waals surface area contributed by atoms with Gasteiger partial charge in [-0.25, -0.2) is 0 Å². The van der Waals surface area contributed by atoms with Crippen LogP contribution in [0, 0.1) is 5.92 Å². The minimum atomic E-state index is -0.497. The third-order valence-electron chi connectivity index (χ3n) is 2.85. The van der Waals surface area contributed by atoms with Crippen LogP contribution in [0.1, 0.15) is 39.7 Å². The maximum Gasteiger partial charge on any atom is 0.310 e. The lowest BCUT2D eigenvalue weighted by molar-refractivity contribution is -0.159. The van der Waals surface area contributed by atoms with Gasteiger partial charge in [-0.1, -0.05) is 42.1 Å². The van der Waals surface area contributed by atoms with Gasteiger partial charge in [0.15, 0.2) is 5.12 Å². The molecule has 0 bridgehead atoms. The van der Waals surface area contributed by atoms with Crippen LogP contribution >= 0.6 is 11.8 Å². The molecule has 1 aromatic rings. The van der Waals surface area contributed by atoms with Crippen molar-refractivity contribution in [3.63, 3.8) is 0 Å². The number of esters is 1. The van der Waals surface area contributed by atoms with Crippen LogP contribution in [0.3, 0.4) is 0 Å². The van der Waals surface area contributed by atoms with E-state index in [2.05, 4.69) is 0 Å². The molecule has 4 heteroatoms. The molecule has 1 unspecified atom stereocenters. The van der Waals surface area contributed by atoms with Crippen molar-refractivity contribution in [1.82, 2.24) is 0 Å². The van der Waals surface area contributed by atoms with E-state index in [9.17, 15) is 9.59 Å². The molecule has 0 N–H and O–H groups in total. The van der Waals surface area contributed by atoms with Crippen LogP contribution in [-0.4, -0.2) is 22.4 Å². The summed E-state index contributed by atoms with van der Waals surface area (Å²) in [6, 6.07) is 10.0. The average molecular weight is 308 g/mol. The summed E-state index contributed by atoms with van der Waals surface area (Å²) in [7, 11) is 0. The molecule has 116 valence electrons. The molecule has 0 radical (unpaired) electrons. The molecular weight excluding hydrogens is 284 g/mol. The Bertz CT molecular complexity index is 463. The van der Waals surface area contributed by atoms with Crippen molar-refractivity contribution in [3.8, 4) is 0 Å². The van der Waals surface area contributed by atoms with Crippen LogP contribution in [0.25, 0.3) is 0 Å². The number of hydrogen-bond acceptors (Lipinski definition) is 4. The fourth-order valence-corrected chi connectivity index (χ4v) is 2.60. The van der Waals surface area contributed by atoms with Gasteiger partial charge in [0.25, 0.3) is 0 Å². The monoisotopic (exact) mass is 308 g/mol. The fourth-order valence-electron chi connectivity index (χ4n) is 1.86. The number of thioether (sulfide) groups is 1. The highest BCUT2D eigenvalue weighted by atomic mass is 32.2. The van der Waals surface area contributed by atoms with E-state index in [1.165, 1.54) is 24.2 Å². The highest BCUT2D eigenvalue weighted by Crippen LogP contribution is 2.20. The molecule has 0 aromatic heterocycles. The number of aryl methyl sites for hydroxylation is 1. The zero-order valence-electron chi connectivity index (χ0n) is 13.2. The first-order chi connectivity index (χ1) is 9.78. The molecule has 0 aliphatic rings. The summed E-state index contributed by atoms with van der Waals surface area (Å²) in [5.74, 6) is 0.0161. The highest BCUT2D eigenvalue weighted by molar-refractivity contribution is 8.13. The van der Waals surface area contributed by atoms with Gasteiger partial charge in [-0.2, -0.15) is 0 Å². The van der Waals surface area contributed by atoms with Gasteiger partial charge in [-0.3, -0.25) is 9.59 Å². The smallest absolute Gasteiger partial charge is 0.310 e. The van der Waals surface area contributed by atoms with E-state index in [1.807, 2.05) is 51.1 Å². The lowest BCUT2D eigenvalue weighted by Crippen LogP contribution is -2.30. The van der Waals surface area contributed by atoms with Crippen LogP contribution in [0.15, 0.2) is 30.3 Å². The number of benzene rings is 1. The summed E-state index contributed by atoms with van der Waals surface area (Å²) in [6.45, 7) is 7.10. The first kappa shape index (κ1) is 17.8. The van der Waals surface area contributed by atoms with Crippen molar-refractivity contribution in [2.45, 2.75) is 46.1 Å². The molecule has 21 heavy (non-hydrogen) atoms. The second-order valence-electron chi connectivity index (χ2n) is 6.06. The number of carbonyl (C=O) groups is 2. The van der Waals surface area contributed by atoms with Gasteiger partial charge in [0.1, 0.15) is 5.60 Å². The number of hydrogen-bond donors (Lipinski definition) is 0. The SMILES string of the molecule is CC(=O)SCC(CCc1ccccc1)C(=O)OC(C)(C)C. The van der Waals surface area contributed by atoms with Crippen LogP contribution in [0.5, 0.6) is 0 Å². The van der Waals surface area contributed by atoms with Crippen LogP contribution in [0.4, 0.5) is 0 Å². The van der Waals surface area contributed by atoms with Crippen molar-refractivity contribution in [3.05, 3.63) is 35.9 Å². The van der Waals surface area contributed by atoms with Gasteiger partial charge in [0, 0.05) is 12.7 Å². The molecule has 1 aromatic carbocycles. The van der Waals surface area contributed by atoms with Crippen molar-refractivity contribution in [1.29, 1.82) is 0 Å². The predicted octanol–water partition coefficient (Wildman–Crippen LogP) is 3.86. The van der Waals surface area contributed by atoms with E-state index in [4.69, 9.17) is 4.74 Å². The van der Waals surface area contributed by atoms with Crippen LogP contribution in [-0.2, 0) is 20.7 Å². The number of rotatable bonds is 6. The van der Waals surface area contributed by atoms with E-state index in [0.717, 1.165) is 6.42 Å². The topological polar surface area (TPSA) is 43.4 Å². The Balaban J connectivity index is 2.63. The zero-order chi connectivity index (χ0) is 15.9. The average Bonchev–Trinajstić information content (AvgIpc) is 2.37. The second kappa shape index (κ2) is 8.23. The molecule has 0 amide bonds. The number of carbonyl (C=O) groups excluding carboxylic acids is 2. The summed E-state index contributed by atoms with van der Waals surface area (Å²) in [5.41, 5.74) is 0.696. The highest BCUT2D eigenvalue weighted by Gasteiger charge is 2.25. The summed E-state index contributed by atoms with van der Waals surface area (Å²) in [6.07, 6.45) is 1.50. The molecule has 1 rings (SSSR count). The summed E-state index contributed by atoms with van der Waals surface area (Å²) in [4.78, 5) is 23.4. The van der Waals surface area contributed by atoms with Crippen molar-refractivity contribution >= 4 is 22.8 Å². The molecular formula is C17H24O3S. The van der Waals surface area contributed by atoms with E-state index in [0.29, 0.717) is 12.2 Å². The largest absolute Gasteiger partial charge is 0.460 e. The Kier molecular flexibility index (Phi) is 6.96. The maximum absolute atomic E-state index is 12.2. The van der Waals surface area contributed by atoms with Crippen LogP contribution < -0.4 is 0 Å². The van der Waals surface area contributed by atoms with Crippen molar-refractivity contribution in [2.75, 3.05) is 5.75 Å². The third-order valence-corrected chi connectivity index (χ3v) is 3.83. The van der Waals surface area contributed by atoms with Gasteiger partial charge in [0.05, 0.1) is 5.92 Å². The Hall–Kier alpha value is -1.29. The molecule has 0 aliphatic heterocycles. The summed E-state index contributed by atoms with van der Waals surface area (Å²) >= 11 is 1.19. The zero-order valence-corrected chi connectivity index (χ0v) is 14.0. The fraction of sp³-hybridized carbons (Fsp3) is 0.529. The van der Waals surface area contributed by atoms with E-state index >= 15 is 0 Å². The molecule has 0 spiro atoms. The molecule has 0 fully saturated rings. The van der Waals surface area contributed by atoms with Gasteiger partial charge in [-0.05, 0) is 39.2 Å². The normalized spacial score (nSPS) is 12.8. The standard InChI is InChI=1S/C17H24O3S/c1-13(18)21-12-15(16(19)20-17(2,3)4)11-10-14-8-6-5-7-9-14/h5-9,15H,10-12H2,1-4H3. The van der Waals surface area contributed by atoms with E-state index in [1.54, 1.807) is 0 Å². The quantitative estimate of drug-likeness (QED) is 0.749. The minimum Gasteiger partial charge on any atom is -0.460 e. The van der Waals surface area contributed by atoms with Crippen molar-refractivity contribution in [2.24, 2.45) is 5.92 Å². The van der Waals surface area contributed by atoms with E-state index in [-0.39, 0.29) is 17.0 Å². The minimum absolute atomic E-state index is 0.0308. The Labute approximate surface area is 131 Å². The van der Waals surface area contributed by atoms with Gasteiger partial charge in [-0.15, -0.1) is 0 Å². The first-order valence-corrected chi connectivity index (χ1v) is 8.16. The molecule has 0 saturated heterocycles. The lowest BCUT2D eigenvalue weighted by Gasteiger charge is -2.23. The number of ether oxygens (including phenoxy) is 1. The molecule has 0 saturated carbocycles. The second-order valence-corrected chi connectivity index (χ2v) is 7.25. The molecule has 0 aliphatic carbocycles. The maximum atomic E-state index is 12.2. The Morgan fingerprint density at radius 2 is 1.81 bits per heavy atom. The third kappa shape index (κ3) is 7.90. The molecule has 0 heterocycles. The van der Waals surface area contributed by atoms with Crippen LogP contribution in [0.2, 0.25) is 0 Å². The Morgan fingerprint density at radius 3 is 2.33 bits per heavy atom. The lowest BCUT2D eigenvalue weighted by atomic mass is 10.0. The molecule has 1 atom stereocenters. The first-order valence-electron chi connectivity index (χ1n) is 7.18. The van der Waals surface area contributed by atoms with Gasteiger partial charge in [0.2, 0.25) is 0 Å². The molecule has 3 nitrogen and oxygen atoms in total. The summed E-state index contributed by atoms with van der Waals surface area (Å²) in [5, 5.41) is 0.0308. The van der Waals surface area contributed by atoms with Gasteiger partial charge < -0.3 is 4.74 Å². The predicted molar refractivity (Wildman–Crippen MR) is 87.2 cm³/mol.